The Morgan fingerprint density at radius 2 is 2.00 bits per heavy atom. The summed E-state index contributed by atoms with van der Waals surface area (Å²) in [6.07, 6.45) is -3.49. The summed E-state index contributed by atoms with van der Waals surface area (Å²) in [4.78, 5) is 0. The van der Waals surface area contributed by atoms with Crippen molar-refractivity contribution in [2.75, 3.05) is 7.11 Å². The lowest BCUT2D eigenvalue weighted by molar-refractivity contribution is -0.147. The van der Waals surface area contributed by atoms with E-state index in [2.05, 4.69) is 15.3 Å². The monoisotopic (exact) mass is 422 g/mol. The molecule has 0 aliphatic heterocycles. The molecule has 0 saturated carbocycles. The van der Waals surface area contributed by atoms with Gasteiger partial charge in [0.2, 0.25) is 4.77 Å². The summed E-state index contributed by atoms with van der Waals surface area (Å²) >= 11 is 4.84. The highest BCUT2D eigenvalue weighted by Crippen LogP contribution is 2.31. The predicted molar refractivity (Wildman–Crippen MR) is 104 cm³/mol. The van der Waals surface area contributed by atoms with E-state index < -0.39 is 12.0 Å². The molecule has 6 nitrogen and oxygen atoms in total. The minimum Gasteiger partial charge on any atom is -0.493 e. The molecule has 0 bridgehead atoms. The quantitative estimate of drug-likeness (QED) is 0.461. The van der Waals surface area contributed by atoms with Gasteiger partial charge in [0, 0.05) is 5.56 Å². The van der Waals surface area contributed by atoms with E-state index >= 15 is 0 Å². The third-order valence-electron chi connectivity index (χ3n) is 3.91. The number of H-pyrrole nitrogens is 1. The summed E-state index contributed by atoms with van der Waals surface area (Å²) in [5, 5.41) is 9.13. The highest BCUT2D eigenvalue weighted by Gasteiger charge is 2.37. The molecule has 1 N–H and O–H groups in total. The highest BCUT2D eigenvalue weighted by atomic mass is 32.1. The van der Waals surface area contributed by atoms with Gasteiger partial charge in [0.1, 0.15) is 6.61 Å². The minimum absolute atomic E-state index is 0.252. The van der Waals surface area contributed by atoms with Crippen LogP contribution in [-0.2, 0) is 12.8 Å². The van der Waals surface area contributed by atoms with Crippen molar-refractivity contribution in [3.8, 4) is 11.5 Å². The second kappa shape index (κ2) is 8.48. The molecule has 2 aromatic carbocycles. The Kier molecular flexibility index (Phi) is 6.02. The number of ether oxygens (including phenoxy) is 2. The van der Waals surface area contributed by atoms with Crippen LogP contribution in [0.5, 0.6) is 11.5 Å². The normalized spacial score (nSPS) is 11.8. The van der Waals surface area contributed by atoms with E-state index in [1.165, 1.54) is 13.3 Å². The zero-order valence-corrected chi connectivity index (χ0v) is 16.3. The average molecular weight is 422 g/mol. The van der Waals surface area contributed by atoms with Crippen LogP contribution in [-0.4, -0.2) is 28.2 Å². The fraction of sp³-hybridized carbons (Fsp3) is 0.211. The number of alkyl halides is 3. The van der Waals surface area contributed by atoms with Crippen LogP contribution in [0.15, 0.2) is 47.6 Å². The van der Waals surface area contributed by atoms with Gasteiger partial charge in [-0.1, -0.05) is 35.9 Å². The number of aryl methyl sites for hydroxylation is 1. The first-order valence-electron chi connectivity index (χ1n) is 8.44. The molecule has 29 heavy (non-hydrogen) atoms. The van der Waals surface area contributed by atoms with Gasteiger partial charge in [0.25, 0.3) is 5.82 Å². The summed E-state index contributed by atoms with van der Waals surface area (Å²) in [7, 11) is 1.48. The zero-order chi connectivity index (χ0) is 21.0. The van der Waals surface area contributed by atoms with Crippen molar-refractivity contribution in [3.63, 3.8) is 0 Å². The summed E-state index contributed by atoms with van der Waals surface area (Å²) in [6.45, 7) is 2.22. The van der Waals surface area contributed by atoms with E-state index in [0.29, 0.717) is 21.7 Å². The molecule has 3 aromatic rings. The van der Waals surface area contributed by atoms with Gasteiger partial charge in [0.05, 0.1) is 13.3 Å². The maximum Gasteiger partial charge on any atom is 0.453 e. The summed E-state index contributed by atoms with van der Waals surface area (Å²) in [5.41, 5.74) is 2.45. The Labute approximate surface area is 169 Å². The van der Waals surface area contributed by atoms with Crippen molar-refractivity contribution in [2.45, 2.75) is 19.7 Å². The van der Waals surface area contributed by atoms with Crippen LogP contribution < -0.4 is 9.47 Å². The lowest BCUT2D eigenvalue weighted by Crippen LogP contribution is -2.13. The molecule has 0 unspecified atom stereocenters. The van der Waals surface area contributed by atoms with Gasteiger partial charge in [-0.3, -0.25) is 0 Å². The SMILES string of the molecule is COc1cccc(/C=N\n2c(C(F)(F)F)n[nH]c2=S)c1OCc1cccc(C)c1. The Hall–Kier alpha value is -3.14. The van der Waals surface area contributed by atoms with Crippen LogP contribution in [0.2, 0.25) is 0 Å². The molecular formula is C19H17F3N4O2S. The van der Waals surface area contributed by atoms with Gasteiger partial charge < -0.3 is 9.47 Å². The number of aromatic amines is 1. The highest BCUT2D eigenvalue weighted by molar-refractivity contribution is 7.71. The van der Waals surface area contributed by atoms with Crippen molar-refractivity contribution < 1.29 is 22.6 Å². The number of methoxy groups -OCH3 is 1. The fourth-order valence-electron chi connectivity index (χ4n) is 2.61. The number of nitrogens with one attached hydrogen (secondary N) is 1. The Bertz CT molecular complexity index is 1090. The van der Waals surface area contributed by atoms with Crippen LogP contribution >= 0.6 is 12.2 Å². The lowest BCUT2D eigenvalue weighted by atomic mass is 10.1. The first-order valence-corrected chi connectivity index (χ1v) is 8.84. The topological polar surface area (TPSA) is 64.4 Å². The van der Waals surface area contributed by atoms with E-state index in [-0.39, 0.29) is 11.4 Å². The van der Waals surface area contributed by atoms with E-state index in [0.717, 1.165) is 11.1 Å². The molecule has 10 heteroatoms. The average Bonchev–Trinajstić information content (AvgIpc) is 3.05. The number of benzene rings is 2. The van der Waals surface area contributed by atoms with Gasteiger partial charge in [0.15, 0.2) is 11.5 Å². The Morgan fingerprint density at radius 3 is 2.69 bits per heavy atom. The zero-order valence-electron chi connectivity index (χ0n) is 15.5. The first kappa shape index (κ1) is 20.6. The first-order chi connectivity index (χ1) is 13.8. The second-order valence-electron chi connectivity index (χ2n) is 6.06. The van der Waals surface area contributed by atoms with Gasteiger partial charge in [-0.2, -0.15) is 22.9 Å². The van der Waals surface area contributed by atoms with Gasteiger partial charge in [-0.25, -0.2) is 5.10 Å². The predicted octanol–water partition coefficient (Wildman–Crippen LogP) is 4.74. The molecule has 152 valence electrons. The van der Waals surface area contributed by atoms with Crippen molar-refractivity contribution in [1.82, 2.24) is 14.9 Å². The van der Waals surface area contributed by atoms with E-state index in [1.807, 2.05) is 31.2 Å². The van der Waals surface area contributed by atoms with Gasteiger partial charge in [-0.05, 0) is 36.8 Å². The van der Waals surface area contributed by atoms with Crippen LogP contribution in [0, 0.1) is 11.7 Å². The third-order valence-corrected chi connectivity index (χ3v) is 4.18. The second-order valence-corrected chi connectivity index (χ2v) is 6.45. The molecule has 0 fully saturated rings. The van der Waals surface area contributed by atoms with Crippen LogP contribution in [0.25, 0.3) is 0 Å². The number of hydrogen-bond acceptors (Lipinski definition) is 5. The number of aromatic nitrogens is 3. The standard InChI is InChI=1S/C19H17F3N4O2S/c1-12-5-3-6-13(9-12)11-28-16-14(7-4-8-15(16)27-2)10-23-26-17(19(20,21)22)24-25-18(26)29/h3-10H,11H2,1-2H3,(H,25,29)/b23-10-. The number of hydrogen-bond donors (Lipinski definition) is 1. The molecule has 1 heterocycles. The maximum absolute atomic E-state index is 13.1. The maximum atomic E-state index is 13.1. The Morgan fingerprint density at radius 1 is 1.24 bits per heavy atom. The number of rotatable bonds is 6. The van der Waals surface area contributed by atoms with Crippen molar-refractivity contribution in [1.29, 1.82) is 0 Å². The van der Waals surface area contributed by atoms with Gasteiger partial charge in [-0.15, -0.1) is 5.10 Å². The number of nitrogens with zero attached hydrogens (tertiary/aromatic N) is 3. The molecule has 0 aliphatic rings. The molecule has 0 amide bonds. The fourth-order valence-corrected chi connectivity index (χ4v) is 2.79. The molecule has 0 atom stereocenters. The summed E-state index contributed by atoms with van der Waals surface area (Å²) < 4.78 is 50.6. The molecule has 0 radical (unpaired) electrons. The molecule has 0 saturated heterocycles. The molecular weight excluding hydrogens is 405 g/mol. The lowest BCUT2D eigenvalue weighted by Gasteiger charge is -2.13. The summed E-state index contributed by atoms with van der Waals surface area (Å²) in [6, 6.07) is 12.8. The Balaban J connectivity index is 1.93. The minimum atomic E-state index is -4.70. The molecule has 0 aliphatic carbocycles. The van der Waals surface area contributed by atoms with Crippen molar-refractivity contribution in [2.24, 2.45) is 5.10 Å². The van der Waals surface area contributed by atoms with Crippen molar-refractivity contribution >= 4 is 18.4 Å². The van der Waals surface area contributed by atoms with Gasteiger partial charge >= 0.3 is 6.18 Å². The van der Waals surface area contributed by atoms with Crippen LogP contribution in [0.3, 0.4) is 0 Å². The van der Waals surface area contributed by atoms with Crippen LogP contribution in [0.1, 0.15) is 22.5 Å². The third kappa shape index (κ3) is 4.83. The number of para-hydroxylation sites is 1. The van der Waals surface area contributed by atoms with Crippen LogP contribution in [0.4, 0.5) is 13.2 Å². The largest absolute Gasteiger partial charge is 0.493 e. The van der Waals surface area contributed by atoms with Crippen molar-refractivity contribution in [3.05, 3.63) is 69.8 Å². The van der Waals surface area contributed by atoms with E-state index in [1.54, 1.807) is 18.2 Å². The molecule has 0 spiro atoms. The molecule has 1 aromatic heterocycles. The molecule has 3 rings (SSSR count). The smallest absolute Gasteiger partial charge is 0.453 e. The van der Waals surface area contributed by atoms with E-state index in [9.17, 15) is 13.2 Å². The number of halogens is 3. The summed E-state index contributed by atoms with van der Waals surface area (Å²) in [5.74, 6) is -0.471. The van der Waals surface area contributed by atoms with E-state index in [4.69, 9.17) is 21.7 Å².